The number of nitrogens with one attached hydrogen (secondary N) is 1. The average molecular weight is 274 g/mol. The highest BCUT2D eigenvalue weighted by Crippen LogP contribution is 2.34. The summed E-state index contributed by atoms with van der Waals surface area (Å²) in [5.41, 5.74) is 1.85. The highest BCUT2D eigenvalue weighted by atomic mass is 16.5. The molecule has 0 spiro atoms. The standard InChI is InChI=1S/C15H18N2O3/c1-2-16-10-12-9-14(20-17-12)11-4-5-13-15(8-11)19-7-3-6-18-13/h4-5,8-9,16H,2-3,6-7,10H2,1H3. The van der Waals surface area contributed by atoms with Gasteiger partial charge >= 0.3 is 0 Å². The van der Waals surface area contributed by atoms with E-state index in [1.54, 1.807) is 0 Å². The van der Waals surface area contributed by atoms with Crippen molar-refractivity contribution in [2.45, 2.75) is 19.9 Å². The molecule has 20 heavy (non-hydrogen) atoms. The maximum atomic E-state index is 5.68. The van der Waals surface area contributed by atoms with Gasteiger partial charge in [-0.3, -0.25) is 0 Å². The van der Waals surface area contributed by atoms with Crippen LogP contribution in [0.15, 0.2) is 28.8 Å². The first kappa shape index (κ1) is 13.0. The summed E-state index contributed by atoms with van der Waals surface area (Å²) in [5, 5.41) is 7.27. The molecule has 0 unspecified atom stereocenters. The molecule has 1 aromatic carbocycles. The Bertz CT molecular complexity index is 580. The molecule has 2 heterocycles. The zero-order valence-corrected chi connectivity index (χ0v) is 11.5. The van der Waals surface area contributed by atoms with E-state index in [0.717, 1.165) is 41.5 Å². The normalized spacial score (nSPS) is 14.1. The maximum Gasteiger partial charge on any atom is 0.167 e. The molecule has 0 aliphatic carbocycles. The highest BCUT2D eigenvalue weighted by Gasteiger charge is 2.13. The predicted molar refractivity (Wildman–Crippen MR) is 74.9 cm³/mol. The lowest BCUT2D eigenvalue weighted by Gasteiger charge is -2.07. The van der Waals surface area contributed by atoms with Gasteiger partial charge in [-0.05, 0) is 24.7 Å². The molecule has 0 amide bonds. The maximum absolute atomic E-state index is 5.68. The molecule has 0 saturated heterocycles. The molecule has 0 radical (unpaired) electrons. The highest BCUT2D eigenvalue weighted by molar-refractivity contribution is 5.62. The Hall–Kier alpha value is -2.01. The lowest BCUT2D eigenvalue weighted by molar-refractivity contribution is 0.297. The molecule has 0 bridgehead atoms. The van der Waals surface area contributed by atoms with Crippen LogP contribution < -0.4 is 14.8 Å². The Labute approximate surface area is 117 Å². The summed E-state index contributed by atoms with van der Waals surface area (Å²) in [7, 11) is 0. The van der Waals surface area contributed by atoms with Gasteiger partial charge in [0.05, 0.1) is 18.9 Å². The molecule has 1 aliphatic heterocycles. The molecular formula is C15H18N2O3. The third kappa shape index (κ3) is 2.77. The van der Waals surface area contributed by atoms with E-state index in [0.29, 0.717) is 19.8 Å². The smallest absolute Gasteiger partial charge is 0.167 e. The van der Waals surface area contributed by atoms with Gasteiger partial charge in [-0.25, -0.2) is 0 Å². The van der Waals surface area contributed by atoms with Crippen LogP contribution >= 0.6 is 0 Å². The molecule has 1 aromatic heterocycles. The summed E-state index contributed by atoms with van der Waals surface area (Å²) in [6.45, 7) is 5.06. The van der Waals surface area contributed by atoms with Gasteiger partial charge in [0.1, 0.15) is 0 Å². The Morgan fingerprint density at radius 1 is 1.15 bits per heavy atom. The quantitative estimate of drug-likeness (QED) is 0.928. The Morgan fingerprint density at radius 2 is 2.00 bits per heavy atom. The van der Waals surface area contributed by atoms with Gasteiger partial charge in [-0.15, -0.1) is 0 Å². The van der Waals surface area contributed by atoms with Crippen LogP contribution in [0.4, 0.5) is 0 Å². The Morgan fingerprint density at radius 3 is 2.85 bits per heavy atom. The van der Waals surface area contributed by atoms with E-state index in [-0.39, 0.29) is 0 Å². The first-order valence-electron chi connectivity index (χ1n) is 6.93. The van der Waals surface area contributed by atoms with Crippen molar-refractivity contribution in [2.24, 2.45) is 0 Å². The van der Waals surface area contributed by atoms with Crippen molar-refractivity contribution < 1.29 is 14.0 Å². The minimum atomic E-state index is 0.679. The molecule has 0 saturated carbocycles. The predicted octanol–water partition coefficient (Wildman–Crippen LogP) is 2.61. The van der Waals surface area contributed by atoms with Crippen LogP contribution in [0.3, 0.4) is 0 Å². The first-order chi connectivity index (χ1) is 9.86. The number of fused-ring (bicyclic) bond motifs is 1. The van der Waals surface area contributed by atoms with Crippen molar-refractivity contribution in [1.82, 2.24) is 10.5 Å². The molecular weight excluding hydrogens is 256 g/mol. The van der Waals surface area contributed by atoms with Crippen molar-refractivity contribution in [3.8, 4) is 22.8 Å². The molecule has 0 fully saturated rings. The Balaban J connectivity index is 1.83. The summed E-state index contributed by atoms with van der Waals surface area (Å²) < 4.78 is 16.7. The Kier molecular flexibility index (Phi) is 3.87. The second-order valence-corrected chi connectivity index (χ2v) is 4.67. The van der Waals surface area contributed by atoms with Crippen LogP contribution in [0.2, 0.25) is 0 Å². The fourth-order valence-electron chi connectivity index (χ4n) is 2.10. The third-order valence-corrected chi connectivity index (χ3v) is 3.15. The van der Waals surface area contributed by atoms with Crippen molar-refractivity contribution >= 4 is 0 Å². The largest absolute Gasteiger partial charge is 0.490 e. The molecule has 0 atom stereocenters. The lowest BCUT2D eigenvalue weighted by atomic mass is 10.1. The molecule has 106 valence electrons. The van der Waals surface area contributed by atoms with Gasteiger partial charge in [0.15, 0.2) is 17.3 Å². The summed E-state index contributed by atoms with van der Waals surface area (Å²) >= 11 is 0. The van der Waals surface area contributed by atoms with Gasteiger partial charge in [0, 0.05) is 24.6 Å². The SMILES string of the molecule is CCNCc1cc(-c2ccc3c(c2)OCCCO3)on1. The van der Waals surface area contributed by atoms with Gasteiger partial charge < -0.3 is 19.3 Å². The molecule has 1 aliphatic rings. The van der Waals surface area contributed by atoms with Gasteiger partial charge in [-0.2, -0.15) is 0 Å². The van der Waals surface area contributed by atoms with E-state index >= 15 is 0 Å². The second kappa shape index (κ2) is 5.96. The average Bonchev–Trinajstić information content (AvgIpc) is 2.82. The number of aromatic nitrogens is 1. The van der Waals surface area contributed by atoms with E-state index in [4.69, 9.17) is 14.0 Å². The van der Waals surface area contributed by atoms with Crippen LogP contribution in [0, 0.1) is 0 Å². The van der Waals surface area contributed by atoms with Gasteiger partial charge in [-0.1, -0.05) is 12.1 Å². The molecule has 1 N–H and O–H groups in total. The topological polar surface area (TPSA) is 56.5 Å². The lowest BCUT2D eigenvalue weighted by Crippen LogP contribution is -2.11. The van der Waals surface area contributed by atoms with Crippen LogP contribution in [-0.4, -0.2) is 24.9 Å². The number of hydrogen-bond donors (Lipinski definition) is 1. The zero-order chi connectivity index (χ0) is 13.8. The van der Waals surface area contributed by atoms with E-state index in [1.165, 1.54) is 0 Å². The first-order valence-corrected chi connectivity index (χ1v) is 6.93. The van der Waals surface area contributed by atoms with E-state index in [2.05, 4.69) is 17.4 Å². The molecule has 3 rings (SSSR count). The molecule has 5 nitrogen and oxygen atoms in total. The zero-order valence-electron chi connectivity index (χ0n) is 11.5. The van der Waals surface area contributed by atoms with Gasteiger partial charge in [0.2, 0.25) is 0 Å². The van der Waals surface area contributed by atoms with E-state index < -0.39 is 0 Å². The number of ether oxygens (including phenoxy) is 2. The minimum Gasteiger partial charge on any atom is -0.490 e. The summed E-state index contributed by atoms with van der Waals surface area (Å²) in [6, 6.07) is 7.77. The van der Waals surface area contributed by atoms with Gasteiger partial charge in [0.25, 0.3) is 0 Å². The second-order valence-electron chi connectivity index (χ2n) is 4.67. The fraction of sp³-hybridized carbons (Fsp3) is 0.400. The molecule has 2 aromatic rings. The van der Waals surface area contributed by atoms with Crippen molar-refractivity contribution in [2.75, 3.05) is 19.8 Å². The van der Waals surface area contributed by atoms with E-state index in [9.17, 15) is 0 Å². The third-order valence-electron chi connectivity index (χ3n) is 3.15. The number of rotatable bonds is 4. The number of benzene rings is 1. The molecule has 5 heteroatoms. The number of hydrogen-bond acceptors (Lipinski definition) is 5. The van der Waals surface area contributed by atoms with Crippen molar-refractivity contribution in [1.29, 1.82) is 0 Å². The van der Waals surface area contributed by atoms with Crippen LogP contribution in [-0.2, 0) is 6.54 Å². The van der Waals surface area contributed by atoms with E-state index in [1.807, 2.05) is 24.3 Å². The fourth-order valence-corrected chi connectivity index (χ4v) is 2.10. The van der Waals surface area contributed by atoms with Crippen molar-refractivity contribution in [3.05, 3.63) is 30.0 Å². The van der Waals surface area contributed by atoms with Crippen LogP contribution in [0.5, 0.6) is 11.5 Å². The monoisotopic (exact) mass is 274 g/mol. The van der Waals surface area contributed by atoms with Crippen LogP contribution in [0.25, 0.3) is 11.3 Å². The minimum absolute atomic E-state index is 0.679. The van der Waals surface area contributed by atoms with Crippen LogP contribution in [0.1, 0.15) is 19.0 Å². The number of nitrogens with zero attached hydrogens (tertiary/aromatic N) is 1. The van der Waals surface area contributed by atoms with Crippen molar-refractivity contribution in [3.63, 3.8) is 0 Å². The summed E-state index contributed by atoms with van der Waals surface area (Å²) in [5.74, 6) is 2.30. The summed E-state index contributed by atoms with van der Waals surface area (Å²) in [4.78, 5) is 0. The summed E-state index contributed by atoms with van der Waals surface area (Å²) in [6.07, 6.45) is 0.902.